The van der Waals surface area contributed by atoms with E-state index < -0.39 is 10.0 Å². The van der Waals surface area contributed by atoms with Crippen LogP contribution in [0.4, 0.5) is 11.4 Å². The number of anilines is 2. The van der Waals surface area contributed by atoms with Crippen molar-refractivity contribution >= 4 is 39.1 Å². The number of thioether (sulfide) groups is 1. The maximum Gasteiger partial charge on any atom is 0.261 e. The smallest absolute Gasteiger partial charge is 0.261 e. The molecular formula is C29H28N2O3S2. The second kappa shape index (κ2) is 11.0. The topological polar surface area (TPSA) is 75.3 Å². The predicted octanol–water partition coefficient (Wildman–Crippen LogP) is 6.96. The van der Waals surface area contributed by atoms with E-state index in [2.05, 4.69) is 28.2 Å². The van der Waals surface area contributed by atoms with Gasteiger partial charge in [0, 0.05) is 21.9 Å². The number of sulfonamides is 1. The van der Waals surface area contributed by atoms with E-state index >= 15 is 0 Å². The van der Waals surface area contributed by atoms with Crippen molar-refractivity contribution in [2.45, 2.75) is 36.3 Å². The first-order chi connectivity index (χ1) is 17.2. The molecule has 0 radical (unpaired) electrons. The third kappa shape index (κ3) is 6.17. The molecule has 0 saturated carbocycles. The van der Waals surface area contributed by atoms with Gasteiger partial charge in [0.05, 0.1) is 10.6 Å². The molecule has 0 unspecified atom stereocenters. The molecule has 0 atom stereocenters. The van der Waals surface area contributed by atoms with Gasteiger partial charge in [0.1, 0.15) is 0 Å². The Morgan fingerprint density at radius 2 is 1.53 bits per heavy atom. The summed E-state index contributed by atoms with van der Waals surface area (Å²) in [5.74, 6) is 0.542. The monoisotopic (exact) mass is 516 g/mol. The first-order valence-electron chi connectivity index (χ1n) is 11.5. The number of benzene rings is 4. The van der Waals surface area contributed by atoms with Gasteiger partial charge in [-0.25, -0.2) is 8.42 Å². The average Bonchev–Trinajstić information content (AvgIpc) is 2.86. The lowest BCUT2D eigenvalue weighted by Gasteiger charge is -2.15. The Kier molecular flexibility index (Phi) is 7.82. The van der Waals surface area contributed by atoms with Crippen molar-refractivity contribution in [3.05, 3.63) is 119 Å². The van der Waals surface area contributed by atoms with Crippen molar-refractivity contribution in [2.24, 2.45) is 0 Å². The Morgan fingerprint density at radius 1 is 0.806 bits per heavy atom. The number of amides is 1. The van der Waals surface area contributed by atoms with Gasteiger partial charge >= 0.3 is 0 Å². The van der Waals surface area contributed by atoms with Crippen LogP contribution in [0.15, 0.2) is 101 Å². The molecule has 0 aromatic heterocycles. The molecule has 0 aliphatic rings. The van der Waals surface area contributed by atoms with Gasteiger partial charge in [0.25, 0.3) is 15.9 Å². The van der Waals surface area contributed by atoms with Gasteiger partial charge in [-0.3, -0.25) is 9.52 Å². The molecule has 0 saturated heterocycles. The molecule has 0 bridgehead atoms. The first-order valence-corrected chi connectivity index (χ1v) is 14.0. The molecule has 184 valence electrons. The summed E-state index contributed by atoms with van der Waals surface area (Å²) in [6.07, 6.45) is 0. The molecular weight excluding hydrogens is 488 g/mol. The lowest BCUT2D eigenvalue weighted by molar-refractivity contribution is 0.102. The fourth-order valence-corrected chi connectivity index (χ4v) is 5.73. The summed E-state index contributed by atoms with van der Waals surface area (Å²) < 4.78 is 28.3. The zero-order valence-corrected chi connectivity index (χ0v) is 22.0. The summed E-state index contributed by atoms with van der Waals surface area (Å²) in [6, 6.07) is 27.9. The van der Waals surface area contributed by atoms with Crippen LogP contribution in [0.25, 0.3) is 0 Å². The van der Waals surface area contributed by atoms with Crippen LogP contribution in [0.5, 0.6) is 0 Å². The molecule has 2 N–H and O–H groups in total. The van der Waals surface area contributed by atoms with Crippen LogP contribution in [0, 0.1) is 20.8 Å². The Balaban J connectivity index is 1.47. The molecule has 0 heterocycles. The summed E-state index contributed by atoms with van der Waals surface area (Å²) in [5.41, 5.74) is 5.15. The summed E-state index contributed by atoms with van der Waals surface area (Å²) in [6.45, 7) is 5.60. The molecule has 0 fully saturated rings. The van der Waals surface area contributed by atoms with E-state index in [9.17, 15) is 13.2 Å². The van der Waals surface area contributed by atoms with Crippen molar-refractivity contribution in [1.82, 2.24) is 0 Å². The van der Waals surface area contributed by atoms with Gasteiger partial charge in [-0.15, -0.1) is 11.8 Å². The Hall–Kier alpha value is -3.55. The van der Waals surface area contributed by atoms with Gasteiger partial charge in [0.2, 0.25) is 0 Å². The van der Waals surface area contributed by atoms with Crippen molar-refractivity contribution in [2.75, 3.05) is 10.0 Å². The highest BCUT2D eigenvalue weighted by molar-refractivity contribution is 7.98. The SMILES string of the molecule is Cc1ccc(S(=O)(=O)Nc2cccc(C(=O)Nc3ccc(CSc4ccccc4)cc3C)c2C)cc1. The van der Waals surface area contributed by atoms with E-state index in [1.165, 1.54) is 10.5 Å². The van der Waals surface area contributed by atoms with Crippen molar-refractivity contribution in [1.29, 1.82) is 0 Å². The molecule has 36 heavy (non-hydrogen) atoms. The number of carbonyl (C=O) groups is 1. The first kappa shape index (κ1) is 25.5. The van der Waals surface area contributed by atoms with Crippen molar-refractivity contribution in [3.63, 3.8) is 0 Å². The van der Waals surface area contributed by atoms with Crippen LogP contribution in [0.1, 0.15) is 32.6 Å². The van der Waals surface area contributed by atoms with Crippen LogP contribution >= 0.6 is 11.8 Å². The van der Waals surface area contributed by atoms with Crippen LogP contribution in [0.3, 0.4) is 0 Å². The third-order valence-corrected chi connectivity index (χ3v) is 8.31. The molecule has 7 heteroatoms. The van der Waals surface area contributed by atoms with E-state index in [1.54, 1.807) is 61.2 Å². The molecule has 5 nitrogen and oxygen atoms in total. The van der Waals surface area contributed by atoms with Crippen LogP contribution in [-0.4, -0.2) is 14.3 Å². The fraction of sp³-hybridized carbons (Fsp3) is 0.138. The normalized spacial score (nSPS) is 11.2. The fourth-order valence-electron chi connectivity index (χ4n) is 3.74. The maximum atomic E-state index is 13.1. The Morgan fingerprint density at radius 3 is 2.22 bits per heavy atom. The molecule has 0 aliphatic carbocycles. The lowest BCUT2D eigenvalue weighted by atomic mass is 10.1. The third-order valence-electron chi connectivity index (χ3n) is 5.84. The number of nitrogens with one attached hydrogen (secondary N) is 2. The molecule has 4 aromatic carbocycles. The predicted molar refractivity (Wildman–Crippen MR) is 148 cm³/mol. The van der Waals surface area contributed by atoms with Crippen LogP contribution in [0.2, 0.25) is 0 Å². The van der Waals surface area contributed by atoms with Gasteiger partial charge in [-0.1, -0.05) is 54.1 Å². The highest BCUT2D eigenvalue weighted by Gasteiger charge is 2.18. The Labute approximate surface area is 217 Å². The lowest BCUT2D eigenvalue weighted by Crippen LogP contribution is -2.17. The van der Waals surface area contributed by atoms with E-state index in [0.717, 1.165) is 22.6 Å². The quantitative estimate of drug-likeness (QED) is 0.248. The van der Waals surface area contributed by atoms with E-state index in [0.29, 0.717) is 16.8 Å². The molecule has 0 aliphatic heterocycles. The summed E-state index contributed by atoms with van der Waals surface area (Å²) in [7, 11) is -3.77. The molecule has 0 spiro atoms. The van der Waals surface area contributed by atoms with Gasteiger partial charge in [0.15, 0.2) is 0 Å². The molecule has 1 amide bonds. The zero-order valence-electron chi connectivity index (χ0n) is 20.4. The average molecular weight is 517 g/mol. The van der Waals surface area contributed by atoms with Crippen LogP contribution < -0.4 is 10.0 Å². The van der Waals surface area contributed by atoms with Gasteiger partial charge in [-0.2, -0.15) is 0 Å². The highest BCUT2D eigenvalue weighted by Crippen LogP contribution is 2.27. The van der Waals surface area contributed by atoms with Crippen molar-refractivity contribution in [3.8, 4) is 0 Å². The second-order valence-electron chi connectivity index (χ2n) is 8.60. The molecule has 4 aromatic rings. The highest BCUT2D eigenvalue weighted by atomic mass is 32.2. The van der Waals surface area contributed by atoms with Crippen LogP contribution in [-0.2, 0) is 15.8 Å². The largest absolute Gasteiger partial charge is 0.322 e. The number of carbonyl (C=O) groups excluding carboxylic acids is 1. The van der Waals surface area contributed by atoms with Gasteiger partial charge in [-0.05, 0) is 79.9 Å². The zero-order chi connectivity index (χ0) is 25.7. The summed E-state index contributed by atoms with van der Waals surface area (Å²) in [5, 5.41) is 2.97. The number of hydrogen-bond donors (Lipinski definition) is 2. The summed E-state index contributed by atoms with van der Waals surface area (Å²) >= 11 is 1.76. The number of aryl methyl sites for hydroxylation is 2. The maximum absolute atomic E-state index is 13.1. The minimum Gasteiger partial charge on any atom is -0.322 e. The van der Waals surface area contributed by atoms with E-state index in [4.69, 9.17) is 0 Å². The van der Waals surface area contributed by atoms with Gasteiger partial charge < -0.3 is 5.32 Å². The van der Waals surface area contributed by atoms with E-state index in [1.807, 2.05) is 44.2 Å². The second-order valence-corrected chi connectivity index (χ2v) is 11.3. The number of rotatable bonds is 8. The van der Waals surface area contributed by atoms with E-state index in [-0.39, 0.29) is 10.8 Å². The minimum absolute atomic E-state index is 0.170. The van der Waals surface area contributed by atoms with Crippen molar-refractivity contribution < 1.29 is 13.2 Å². The minimum atomic E-state index is -3.77. The summed E-state index contributed by atoms with van der Waals surface area (Å²) in [4.78, 5) is 14.5. The standard InChI is InChI=1S/C29H28N2O3S2/c1-20-12-15-25(16-13-20)36(33,34)31-28-11-7-10-26(22(28)3)29(32)30-27-17-14-23(18-21(27)2)19-35-24-8-5-4-6-9-24/h4-18,31H,19H2,1-3H3,(H,30,32). The number of hydrogen-bond acceptors (Lipinski definition) is 4. The molecule has 4 rings (SSSR count). The Bertz CT molecular complexity index is 1480.